The van der Waals surface area contributed by atoms with E-state index in [1.54, 1.807) is 0 Å². The Bertz CT molecular complexity index is 183. The highest BCUT2D eigenvalue weighted by Gasteiger charge is 2.43. The summed E-state index contributed by atoms with van der Waals surface area (Å²) >= 11 is 0. The molecule has 0 amide bonds. The van der Waals surface area contributed by atoms with Crippen LogP contribution in [0.5, 0.6) is 0 Å². The topological polar surface area (TPSA) is 12.5 Å². The van der Waals surface area contributed by atoms with Crippen LogP contribution in [0.15, 0.2) is 0 Å². The number of hydrogen-bond donors (Lipinski definition) is 0. The van der Waals surface area contributed by atoms with Crippen LogP contribution in [0, 0.1) is 0 Å². The molecule has 1 saturated carbocycles. The SMILES string of the molecule is CCC(C)(C)N(C1CC1)C1COC1. The van der Waals surface area contributed by atoms with Gasteiger partial charge in [-0.15, -0.1) is 0 Å². The third-order valence-corrected chi connectivity index (χ3v) is 3.52. The summed E-state index contributed by atoms with van der Waals surface area (Å²) < 4.78 is 5.29. The maximum absolute atomic E-state index is 5.29. The fraction of sp³-hybridized carbons (Fsp3) is 1.00. The van der Waals surface area contributed by atoms with E-state index in [1.807, 2.05) is 0 Å². The molecule has 0 N–H and O–H groups in total. The molecule has 1 heterocycles. The Hall–Kier alpha value is -0.0800. The van der Waals surface area contributed by atoms with Crippen molar-refractivity contribution < 1.29 is 4.74 Å². The van der Waals surface area contributed by atoms with Gasteiger partial charge in [0.05, 0.1) is 19.3 Å². The number of rotatable bonds is 4. The summed E-state index contributed by atoms with van der Waals surface area (Å²) in [5.74, 6) is 0. The molecule has 1 aliphatic carbocycles. The average molecular weight is 183 g/mol. The van der Waals surface area contributed by atoms with Gasteiger partial charge >= 0.3 is 0 Å². The lowest BCUT2D eigenvalue weighted by Gasteiger charge is -2.47. The number of hydrogen-bond acceptors (Lipinski definition) is 2. The predicted octanol–water partition coefficient (Wildman–Crippen LogP) is 2.04. The van der Waals surface area contributed by atoms with E-state index in [9.17, 15) is 0 Å². The van der Waals surface area contributed by atoms with Crippen LogP contribution in [-0.2, 0) is 4.74 Å². The van der Waals surface area contributed by atoms with E-state index < -0.39 is 0 Å². The molecule has 0 aromatic heterocycles. The minimum absolute atomic E-state index is 0.371. The van der Waals surface area contributed by atoms with Crippen molar-refractivity contribution >= 4 is 0 Å². The molecule has 2 nitrogen and oxygen atoms in total. The zero-order chi connectivity index (χ0) is 9.47. The van der Waals surface area contributed by atoms with Gasteiger partial charge in [0.1, 0.15) is 0 Å². The molecule has 76 valence electrons. The predicted molar refractivity (Wildman–Crippen MR) is 53.8 cm³/mol. The molecule has 1 saturated heterocycles. The van der Waals surface area contributed by atoms with Crippen LogP contribution in [-0.4, -0.2) is 35.7 Å². The third-order valence-electron chi connectivity index (χ3n) is 3.52. The second kappa shape index (κ2) is 3.25. The Kier molecular flexibility index (Phi) is 2.37. The fourth-order valence-corrected chi connectivity index (χ4v) is 2.21. The monoisotopic (exact) mass is 183 g/mol. The molecule has 2 rings (SSSR count). The van der Waals surface area contributed by atoms with Crippen LogP contribution in [0.2, 0.25) is 0 Å². The van der Waals surface area contributed by atoms with Gasteiger partial charge in [0.15, 0.2) is 0 Å². The highest BCUT2D eigenvalue weighted by molar-refractivity contribution is 4.98. The molecule has 0 aromatic rings. The zero-order valence-electron chi connectivity index (χ0n) is 9.05. The summed E-state index contributed by atoms with van der Waals surface area (Å²) in [5, 5.41) is 0. The van der Waals surface area contributed by atoms with E-state index in [2.05, 4.69) is 25.7 Å². The first-order valence-electron chi connectivity index (χ1n) is 5.51. The molecule has 2 heteroatoms. The summed E-state index contributed by atoms with van der Waals surface area (Å²) in [5.41, 5.74) is 0.371. The lowest BCUT2D eigenvalue weighted by atomic mass is 9.96. The van der Waals surface area contributed by atoms with Crippen LogP contribution in [0.3, 0.4) is 0 Å². The van der Waals surface area contributed by atoms with Gasteiger partial charge in [-0.1, -0.05) is 6.92 Å². The van der Waals surface area contributed by atoms with Crippen molar-refractivity contribution in [2.75, 3.05) is 13.2 Å². The van der Waals surface area contributed by atoms with Gasteiger partial charge in [-0.3, -0.25) is 4.90 Å². The molecule has 0 bridgehead atoms. The van der Waals surface area contributed by atoms with Gasteiger partial charge in [0, 0.05) is 11.6 Å². The van der Waals surface area contributed by atoms with Crippen molar-refractivity contribution in [1.82, 2.24) is 4.90 Å². The van der Waals surface area contributed by atoms with Crippen LogP contribution in [0.25, 0.3) is 0 Å². The van der Waals surface area contributed by atoms with E-state index in [-0.39, 0.29) is 0 Å². The summed E-state index contributed by atoms with van der Waals surface area (Å²) in [4.78, 5) is 2.70. The van der Waals surface area contributed by atoms with E-state index in [0.29, 0.717) is 11.6 Å². The summed E-state index contributed by atoms with van der Waals surface area (Å²) in [7, 11) is 0. The van der Waals surface area contributed by atoms with Crippen LogP contribution in [0.4, 0.5) is 0 Å². The first kappa shape index (κ1) is 9.47. The minimum Gasteiger partial charge on any atom is -0.378 e. The van der Waals surface area contributed by atoms with Gasteiger partial charge < -0.3 is 4.74 Å². The molecule has 2 aliphatic rings. The molecular weight excluding hydrogens is 162 g/mol. The lowest BCUT2D eigenvalue weighted by molar-refractivity contribution is -0.102. The van der Waals surface area contributed by atoms with Gasteiger partial charge in [-0.25, -0.2) is 0 Å². The van der Waals surface area contributed by atoms with Crippen molar-refractivity contribution in [1.29, 1.82) is 0 Å². The van der Waals surface area contributed by atoms with Crippen LogP contribution >= 0.6 is 0 Å². The Morgan fingerprint density at radius 1 is 1.23 bits per heavy atom. The quantitative estimate of drug-likeness (QED) is 0.661. The number of ether oxygens (including phenoxy) is 1. The maximum Gasteiger partial charge on any atom is 0.0645 e. The Morgan fingerprint density at radius 3 is 2.15 bits per heavy atom. The van der Waals surface area contributed by atoms with Crippen molar-refractivity contribution in [3.63, 3.8) is 0 Å². The van der Waals surface area contributed by atoms with Gasteiger partial charge in [0.2, 0.25) is 0 Å². The van der Waals surface area contributed by atoms with Gasteiger partial charge in [-0.05, 0) is 33.1 Å². The second-order valence-corrected chi connectivity index (χ2v) is 5.00. The van der Waals surface area contributed by atoms with Crippen molar-refractivity contribution in [2.45, 2.75) is 57.7 Å². The Balaban J connectivity index is 2.03. The van der Waals surface area contributed by atoms with Crippen LogP contribution in [0.1, 0.15) is 40.0 Å². The lowest BCUT2D eigenvalue weighted by Crippen LogP contribution is -2.58. The largest absolute Gasteiger partial charge is 0.378 e. The van der Waals surface area contributed by atoms with E-state index in [4.69, 9.17) is 4.74 Å². The third kappa shape index (κ3) is 1.75. The highest BCUT2D eigenvalue weighted by atomic mass is 16.5. The van der Waals surface area contributed by atoms with E-state index in [0.717, 1.165) is 19.3 Å². The van der Waals surface area contributed by atoms with E-state index in [1.165, 1.54) is 19.3 Å². The van der Waals surface area contributed by atoms with Gasteiger partial charge in [0.25, 0.3) is 0 Å². The highest BCUT2D eigenvalue weighted by Crippen LogP contribution is 2.37. The number of nitrogens with zero attached hydrogens (tertiary/aromatic N) is 1. The molecule has 0 unspecified atom stereocenters. The first-order chi connectivity index (χ1) is 6.15. The van der Waals surface area contributed by atoms with E-state index >= 15 is 0 Å². The fourth-order valence-electron chi connectivity index (χ4n) is 2.21. The molecule has 0 spiro atoms. The Morgan fingerprint density at radius 2 is 1.85 bits per heavy atom. The standard InChI is InChI=1S/C11H21NO/c1-4-11(2,3)12(9-5-6-9)10-7-13-8-10/h9-10H,4-8H2,1-3H3. The zero-order valence-corrected chi connectivity index (χ0v) is 9.05. The molecule has 2 fully saturated rings. The Labute approximate surface area is 81.3 Å². The molecule has 0 aromatic carbocycles. The van der Waals surface area contributed by atoms with Crippen molar-refractivity contribution in [2.24, 2.45) is 0 Å². The molecule has 13 heavy (non-hydrogen) atoms. The van der Waals surface area contributed by atoms with Crippen LogP contribution < -0.4 is 0 Å². The first-order valence-corrected chi connectivity index (χ1v) is 5.51. The minimum atomic E-state index is 0.371. The molecule has 1 aliphatic heterocycles. The van der Waals surface area contributed by atoms with Gasteiger partial charge in [-0.2, -0.15) is 0 Å². The molecular formula is C11H21NO. The van der Waals surface area contributed by atoms with Crippen molar-refractivity contribution in [3.8, 4) is 0 Å². The summed E-state index contributed by atoms with van der Waals surface area (Å²) in [6.07, 6.45) is 4.04. The summed E-state index contributed by atoms with van der Waals surface area (Å²) in [6.45, 7) is 8.93. The second-order valence-electron chi connectivity index (χ2n) is 5.00. The average Bonchev–Trinajstić information content (AvgIpc) is 2.78. The normalized spacial score (nSPS) is 24.9. The smallest absolute Gasteiger partial charge is 0.0645 e. The summed E-state index contributed by atoms with van der Waals surface area (Å²) in [6, 6.07) is 1.58. The molecule has 0 atom stereocenters. The van der Waals surface area contributed by atoms with Crippen molar-refractivity contribution in [3.05, 3.63) is 0 Å². The maximum atomic E-state index is 5.29. The molecule has 0 radical (unpaired) electrons.